The molecule has 0 aromatic carbocycles. The van der Waals surface area contributed by atoms with E-state index >= 15 is 0 Å². The predicted octanol–water partition coefficient (Wildman–Crippen LogP) is 0.401. The van der Waals surface area contributed by atoms with E-state index in [0.29, 0.717) is 0 Å². The zero-order valence-electron chi connectivity index (χ0n) is 5.35. The van der Waals surface area contributed by atoms with E-state index in [1.54, 1.807) is 7.11 Å². The first-order chi connectivity index (χ1) is 3.35. The maximum Gasteiger partial charge on any atom is 0.0799 e. The number of aliphatic hydroxyl groups excluding tert-OH is 1. The van der Waals surface area contributed by atoms with Gasteiger partial charge in [0, 0.05) is 28.8 Å². The number of ether oxygens (including phenoxy) is 1. The van der Waals surface area contributed by atoms with Gasteiger partial charge in [0.05, 0.1) is 12.7 Å². The molecule has 0 heterocycles. The fourth-order valence-electron chi connectivity index (χ4n) is 0.370. The van der Waals surface area contributed by atoms with Crippen molar-refractivity contribution in [2.24, 2.45) is 0 Å². The van der Waals surface area contributed by atoms with Gasteiger partial charge < -0.3 is 9.84 Å². The molecule has 0 aromatic heterocycles. The molecule has 2 nitrogen and oxygen atoms in total. The molecule has 0 aromatic rings. The van der Waals surface area contributed by atoms with E-state index in [1.807, 2.05) is 6.92 Å². The van der Waals surface area contributed by atoms with Crippen molar-refractivity contribution >= 4 is 0 Å². The largest absolute Gasteiger partial charge is 0.394 e. The van der Waals surface area contributed by atoms with Crippen molar-refractivity contribution in [2.75, 3.05) is 13.7 Å². The molecule has 8 heavy (non-hydrogen) atoms. The number of rotatable bonds is 3. The molecule has 0 aliphatic heterocycles. The molecule has 0 aliphatic rings. The topological polar surface area (TPSA) is 29.5 Å². The second-order valence-corrected chi connectivity index (χ2v) is 1.45. The van der Waals surface area contributed by atoms with Crippen LogP contribution < -0.4 is 0 Å². The normalized spacial score (nSPS) is 12.4. The Morgan fingerprint density at radius 3 is 2.12 bits per heavy atom. The van der Waals surface area contributed by atoms with E-state index in [1.165, 1.54) is 0 Å². The van der Waals surface area contributed by atoms with Crippen LogP contribution in [-0.2, 0) is 26.5 Å². The third kappa shape index (κ3) is 4.79. The Morgan fingerprint density at radius 2 is 2.12 bits per heavy atom. The van der Waals surface area contributed by atoms with Gasteiger partial charge in [-0.05, 0) is 6.42 Å². The Morgan fingerprint density at radius 1 is 1.62 bits per heavy atom. The average molecular weight is 152 g/mol. The predicted molar refractivity (Wildman–Crippen MR) is 28.2 cm³/mol. The van der Waals surface area contributed by atoms with Gasteiger partial charge in [0.15, 0.2) is 0 Å². The summed E-state index contributed by atoms with van der Waals surface area (Å²) in [6.07, 6.45) is 0.924. The van der Waals surface area contributed by atoms with E-state index in [0.717, 1.165) is 6.42 Å². The standard InChI is InChI=1S/C5H12O2.Ti/c1-3-5(4-6)7-2;/h5-6H,3-4H2,1-2H3;. The molecule has 0 saturated carbocycles. The first-order valence-electron chi connectivity index (χ1n) is 2.48. The fraction of sp³-hybridized carbons (Fsp3) is 1.00. The molecule has 0 fully saturated rings. The van der Waals surface area contributed by atoms with Crippen LogP contribution >= 0.6 is 0 Å². The molecule has 48 valence electrons. The Labute approximate surface area is 65.1 Å². The maximum atomic E-state index is 8.40. The van der Waals surface area contributed by atoms with Gasteiger partial charge in [-0.25, -0.2) is 0 Å². The molecular weight excluding hydrogens is 140 g/mol. The van der Waals surface area contributed by atoms with Crippen molar-refractivity contribution < 1.29 is 31.6 Å². The minimum Gasteiger partial charge on any atom is -0.394 e. The minimum atomic E-state index is 0. The zero-order valence-corrected chi connectivity index (χ0v) is 6.91. The summed E-state index contributed by atoms with van der Waals surface area (Å²) in [6.45, 7) is 2.11. The van der Waals surface area contributed by atoms with Gasteiger partial charge in [0.2, 0.25) is 0 Å². The van der Waals surface area contributed by atoms with Crippen LogP contribution in [-0.4, -0.2) is 24.9 Å². The van der Waals surface area contributed by atoms with Crippen LogP contribution in [0.2, 0.25) is 0 Å². The summed E-state index contributed by atoms with van der Waals surface area (Å²) in [5.74, 6) is 0. The van der Waals surface area contributed by atoms with E-state index in [4.69, 9.17) is 9.84 Å². The molecule has 0 aliphatic carbocycles. The average Bonchev–Trinajstić information content (AvgIpc) is 1.72. The third-order valence-corrected chi connectivity index (χ3v) is 0.992. The molecule has 0 spiro atoms. The summed E-state index contributed by atoms with van der Waals surface area (Å²) in [4.78, 5) is 0. The smallest absolute Gasteiger partial charge is 0.0799 e. The maximum absolute atomic E-state index is 8.40. The Kier molecular flexibility index (Phi) is 10.9. The van der Waals surface area contributed by atoms with Crippen molar-refractivity contribution in [3.8, 4) is 0 Å². The van der Waals surface area contributed by atoms with Gasteiger partial charge in [0.25, 0.3) is 0 Å². The minimum absolute atomic E-state index is 0. The van der Waals surface area contributed by atoms with Crippen LogP contribution in [0.15, 0.2) is 0 Å². The first kappa shape index (κ1) is 11.4. The number of methoxy groups -OCH3 is 1. The summed E-state index contributed by atoms with van der Waals surface area (Å²) >= 11 is 0. The van der Waals surface area contributed by atoms with Crippen molar-refractivity contribution in [3.63, 3.8) is 0 Å². The molecule has 1 unspecified atom stereocenters. The van der Waals surface area contributed by atoms with Gasteiger partial charge in [-0.2, -0.15) is 0 Å². The molecular formula is C5H12O2Ti. The molecule has 0 radical (unpaired) electrons. The Hall–Kier alpha value is 0.634. The van der Waals surface area contributed by atoms with Crippen molar-refractivity contribution in [1.29, 1.82) is 0 Å². The summed E-state index contributed by atoms with van der Waals surface area (Å²) in [5, 5.41) is 8.40. The summed E-state index contributed by atoms with van der Waals surface area (Å²) in [7, 11) is 1.60. The molecule has 0 rings (SSSR count). The molecule has 3 heteroatoms. The number of hydrogen-bond donors (Lipinski definition) is 1. The van der Waals surface area contributed by atoms with Crippen molar-refractivity contribution in [1.82, 2.24) is 0 Å². The summed E-state index contributed by atoms with van der Waals surface area (Å²) in [5.41, 5.74) is 0. The van der Waals surface area contributed by atoms with E-state index in [2.05, 4.69) is 0 Å². The number of aliphatic hydroxyl groups is 1. The second kappa shape index (κ2) is 7.63. The Bertz CT molecular complexity index is 31.9. The van der Waals surface area contributed by atoms with Gasteiger partial charge in [-0.15, -0.1) is 0 Å². The van der Waals surface area contributed by atoms with E-state index < -0.39 is 0 Å². The summed E-state index contributed by atoms with van der Waals surface area (Å²) in [6, 6.07) is 0. The van der Waals surface area contributed by atoms with Crippen LogP contribution in [0.1, 0.15) is 13.3 Å². The Balaban J connectivity index is 0. The van der Waals surface area contributed by atoms with Crippen LogP contribution in [0.5, 0.6) is 0 Å². The summed E-state index contributed by atoms with van der Waals surface area (Å²) < 4.78 is 4.80. The van der Waals surface area contributed by atoms with Gasteiger partial charge in [-0.3, -0.25) is 0 Å². The second-order valence-electron chi connectivity index (χ2n) is 1.45. The zero-order chi connectivity index (χ0) is 5.70. The third-order valence-electron chi connectivity index (χ3n) is 0.992. The molecule has 1 atom stereocenters. The molecule has 0 saturated heterocycles. The van der Waals surface area contributed by atoms with E-state index in [9.17, 15) is 0 Å². The van der Waals surface area contributed by atoms with E-state index in [-0.39, 0.29) is 34.4 Å². The fourth-order valence-corrected chi connectivity index (χ4v) is 0.370. The van der Waals surface area contributed by atoms with Gasteiger partial charge in [-0.1, -0.05) is 6.92 Å². The number of hydrogen-bond acceptors (Lipinski definition) is 2. The van der Waals surface area contributed by atoms with Crippen LogP contribution in [0.3, 0.4) is 0 Å². The monoisotopic (exact) mass is 152 g/mol. The molecule has 1 N–H and O–H groups in total. The van der Waals surface area contributed by atoms with Crippen LogP contribution in [0.4, 0.5) is 0 Å². The van der Waals surface area contributed by atoms with Crippen LogP contribution in [0, 0.1) is 0 Å². The van der Waals surface area contributed by atoms with Gasteiger partial charge in [0.1, 0.15) is 0 Å². The van der Waals surface area contributed by atoms with Crippen molar-refractivity contribution in [2.45, 2.75) is 19.4 Å². The molecule has 0 amide bonds. The first-order valence-corrected chi connectivity index (χ1v) is 2.48. The van der Waals surface area contributed by atoms with Gasteiger partial charge >= 0.3 is 0 Å². The SMILES string of the molecule is CCC(CO)OC.[Ti]. The molecule has 0 bridgehead atoms. The van der Waals surface area contributed by atoms with Crippen molar-refractivity contribution in [3.05, 3.63) is 0 Å². The van der Waals surface area contributed by atoms with Crippen LogP contribution in [0.25, 0.3) is 0 Å². The quantitative estimate of drug-likeness (QED) is 0.593.